The highest BCUT2D eigenvalue weighted by Gasteiger charge is 2.53. The lowest BCUT2D eigenvalue weighted by molar-refractivity contribution is -0.0545. The van der Waals surface area contributed by atoms with E-state index >= 15 is 0 Å². The first-order valence-corrected chi connectivity index (χ1v) is 8.77. The Morgan fingerprint density at radius 3 is 3.21 bits per heavy atom. The standard InChI is InChI=1S/C13H18N2O2S2/c1-3-7-10(8-4-5-17-11(7)8)15-12(16)9-6-19-13(14-9)18-2/h6-8,10-11H,3-5H2,1-2H3,(H,15,16)/t7-,8+,10-,11-/m1/s1. The van der Waals surface area contributed by atoms with E-state index in [1.165, 1.54) is 11.3 Å². The van der Waals surface area contributed by atoms with Crippen molar-refractivity contribution in [2.24, 2.45) is 11.8 Å². The van der Waals surface area contributed by atoms with E-state index in [0.29, 0.717) is 23.6 Å². The van der Waals surface area contributed by atoms with E-state index in [0.717, 1.165) is 23.8 Å². The average molecular weight is 298 g/mol. The lowest BCUT2D eigenvalue weighted by atomic mass is 9.65. The number of nitrogens with one attached hydrogen (secondary N) is 1. The van der Waals surface area contributed by atoms with E-state index in [1.54, 1.807) is 11.8 Å². The highest BCUT2D eigenvalue weighted by atomic mass is 32.2. The summed E-state index contributed by atoms with van der Waals surface area (Å²) >= 11 is 3.10. The number of ether oxygens (including phenoxy) is 1. The summed E-state index contributed by atoms with van der Waals surface area (Å²) < 4.78 is 6.66. The molecule has 104 valence electrons. The third-order valence-corrected chi connectivity index (χ3v) is 6.05. The van der Waals surface area contributed by atoms with Crippen LogP contribution in [0.5, 0.6) is 0 Å². The van der Waals surface area contributed by atoms with Crippen molar-refractivity contribution in [2.45, 2.75) is 36.3 Å². The van der Waals surface area contributed by atoms with Gasteiger partial charge in [0.2, 0.25) is 0 Å². The minimum atomic E-state index is -0.0367. The summed E-state index contributed by atoms with van der Waals surface area (Å²) in [6.45, 7) is 3.00. The minimum Gasteiger partial charge on any atom is -0.377 e. The number of hydrogen-bond acceptors (Lipinski definition) is 5. The first-order chi connectivity index (χ1) is 9.24. The largest absolute Gasteiger partial charge is 0.377 e. The maximum absolute atomic E-state index is 12.2. The number of aromatic nitrogens is 1. The van der Waals surface area contributed by atoms with Gasteiger partial charge in [-0.15, -0.1) is 11.3 Å². The van der Waals surface area contributed by atoms with Gasteiger partial charge < -0.3 is 10.1 Å². The molecule has 4 nitrogen and oxygen atoms in total. The average Bonchev–Trinajstić information content (AvgIpc) is 3.03. The van der Waals surface area contributed by atoms with Crippen molar-refractivity contribution >= 4 is 29.0 Å². The molecule has 1 amide bonds. The molecule has 0 bridgehead atoms. The monoisotopic (exact) mass is 298 g/mol. The van der Waals surface area contributed by atoms with Crippen LogP contribution in [-0.2, 0) is 4.74 Å². The predicted octanol–water partition coefficient (Wildman–Crippen LogP) is 2.41. The van der Waals surface area contributed by atoms with Crippen LogP contribution < -0.4 is 5.32 Å². The molecule has 3 rings (SSSR count). The summed E-state index contributed by atoms with van der Waals surface area (Å²) in [6, 6.07) is 0.268. The van der Waals surface area contributed by atoms with Gasteiger partial charge in [-0.25, -0.2) is 4.98 Å². The number of hydrogen-bond donors (Lipinski definition) is 1. The van der Waals surface area contributed by atoms with Crippen LogP contribution >= 0.6 is 23.1 Å². The molecule has 1 aromatic heterocycles. The summed E-state index contributed by atoms with van der Waals surface area (Å²) in [5, 5.41) is 5.00. The second kappa shape index (κ2) is 5.42. The van der Waals surface area contributed by atoms with Gasteiger partial charge in [-0.1, -0.05) is 18.7 Å². The lowest BCUT2D eigenvalue weighted by Gasteiger charge is -2.47. The maximum Gasteiger partial charge on any atom is 0.271 e. The quantitative estimate of drug-likeness (QED) is 0.867. The molecule has 1 aliphatic heterocycles. The number of carbonyl (C=O) groups is 1. The summed E-state index contributed by atoms with van der Waals surface area (Å²) in [4.78, 5) is 16.5. The summed E-state index contributed by atoms with van der Waals surface area (Å²) in [7, 11) is 0. The molecular weight excluding hydrogens is 280 g/mol. The van der Waals surface area contributed by atoms with Crippen LogP contribution in [0.4, 0.5) is 0 Å². The molecule has 1 saturated carbocycles. The van der Waals surface area contributed by atoms with Crippen LogP contribution in [-0.4, -0.2) is 35.9 Å². The summed E-state index contributed by atoms with van der Waals surface area (Å²) in [5.41, 5.74) is 0.548. The van der Waals surface area contributed by atoms with Crippen molar-refractivity contribution in [1.29, 1.82) is 0 Å². The van der Waals surface area contributed by atoms with Crippen LogP contribution in [0.1, 0.15) is 30.3 Å². The van der Waals surface area contributed by atoms with Crippen molar-refractivity contribution in [1.82, 2.24) is 10.3 Å². The van der Waals surface area contributed by atoms with E-state index in [9.17, 15) is 4.79 Å². The van der Waals surface area contributed by atoms with Gasteiger partial charge in [-0.3, -0.25) is 4.79 Å². The SMILES string of the molecule is CC[C@@H]1[C@@H](NC(=O)c2csc(SC)n2)[C@@H]2CCO[C@H]12. The molecule has 2 aliphatic rings. The van der Waals surface area contributed by atoms with Gasteiger partial charge in [0.1, 0.15) is 10.0 Å². The van der Waals surface area contributed by atoms with Crippen molar-refractivity contribution in [2.75, 3.05) is 12.9 Å². The smallest absolute Gasteiger partial charge is 0.271 e. The first kappa shape index (κ1) is 13.4. The van der Waals surface area contributed by atoms with Crippen LogP contribution in [0.3, 0.4) is 0 Å². The Labute approximate surface area is 121 Å². The van der Waals surface area contributed by atoms with Gasteiger partial charge in [0.25, 0.3) is 5.91 Å². The van der Waals surface area contributed by atoms with Gasteiger partial charge in [0.05, 0.1) is 6.10 Å². The van der Waals surface area contributed by atoms with E-state index in [2.05, 4.69) is 17.2 Å². The van der Waals surface area contributed by atoms with Crippen molar-refractivity contribution in [3.63, 3.8) is 0 Å². The minimum absolute atomic E-state index is 0.0367. The van der Waals surface area contributed by atoms with Crippen molar-refractivity contribution < 1.29 is 9.53 Å². The normalized spacial score (nSPS) is 32.7. The Balaban J connectivity index is 1.66. The van der Waals surface area contributed by atoms with Gasteiger partial charge in [0, 0.05) is 29.9 Å². The second-order valence-corrected chi connectivity index (χ2v) is 6.97. The van der Waals surface area contributed by atoms with Crippen LogP contribution in [0, 0.1) is 11.8 Å². The Morgan fingerprint density at radius 2 is 2.53 bits per heavy atom. The zero-order valence-corrected chi connectivity index (χ0v) is 12.7. The summed E-state index contributed by atoms with van der Waals surface area (Å²) in [6.07, 6.45) is 4.46. The number of thioether (sulfide) groups is 1. The molecule has 6 heteroatoms. The number of amides is 1. The van der Waals surface area contributed by atoms with Gasteiger partial charge in [-0.2, -0.15) is 0 Å². The topological polar surface area (TPSA) is 51.2 Å². The van der Waals surface area contributed by atoms with E-state index in [4.69, 9.17) is 4.74 Å². The molecule has 4 atom stereocenters. The number of rotatable bonds is 4. The van der Waals surface area contributed by atoms with E-state index in [1.807, 2.05) is 11.6 Å². The fourth-order valence-electron chi connectivity index (χ4n) is 3.21. The van der Waals surface area contributed by atoms with E-state index in [-0.39, 0.29) is 11.9 Å². The lowest BCUT2D eigenvalue weighted by Crippen LogP contribution is -2.61. The molecule has 0 unspecified atom stereocenters. The third-order valence-electron chi connectivity index (χ3n) is 4.19. The molecule has 1 aliphatic carbocycles. The highest BCUT2D eigenvalue weighted by Crippen LogP contribution is 2.45. The fourth-order valence-corrected chi connectivity index (χ4v) is 4.45. The number of fused-ring (bicyclic) bond motifs is 1. The molecule has 2 heterocycles. The number of carbonyl (C=O) groups excluding carboxylic acids is 1. The molecule has 0 spiro atoms. The molecule has 1 saturated heterocycles. The van der Waals surface area contributed by atoms with Crippen molar-refractivity contribution in [3.05, 3.63) is 11.1 Å². The van der Waals surface area contributed by atoms with Crippen LogP contribution in [0.25, 0.3) is 0 Å². The fraction of sp³-hybridized carbons (Fsp3) is 0.692. The Kier molecular flexibility index (Phi) is 3.82. The van der Waals surface area contributed by atoms with E-state index < -0.39 is 0 Å². The molecule has 0 aromatic carbocycles. The van der Waals surface area contributed by atoms with Crippen molar-refractivity contribution in [3.8, 4) is 0 Å². The number of thiazole rings is 1. The molecule has 1 N–H and O–H groups in total. The van der Waals surface area contributed by atoms with Crippen LogP contribution in [0.2, 0.25) is 0 Å². The molecular formula is C13H18N2O2S2. The zero-order valence-electron chi connectivity index (χ0n) is 11.1. The Bertz CT molecular complexity index is 477. The zero-order chi connectivity index (χ0) is 13.4. The third kappa shape index (κ3) is 2.30. The highest BCUT2D eigenvalue weighted by molar-refractivity contribution is 8.00. The molecule has 0 radical (unpaired) electrons. The second-order valence-electron chi connectivity index (χ2n) is 5.06. The Hall–Kier alpha value is -0.590. The molecule has 2 fully saturated rings. The Morgan fingerprint density at radius 1 is 1.68 bits per heavy atom. The maximum atomic E-state index is 12.2. The summed E-state index contributed by atoms with van der Waals surface area (Å²) in [5.74, 6) is 0.938. The number of nitrogens with zero attached hydrogens (tertiary/aromatic N) is 1. The van der Waals surface area contributed by atoms with Gasteiger partial charge in [-0.05, 0) is 19.1 Å². The molecule has 19 heavy (non-hydrogen) atoms. The van der Waals surface area contributed by atoms with Crippen LogP contribution in [0.15, 0.2) is 9.72 Å². The van der Waals surface area contributed by atoms with Gasteiger partial charge >= 0.3 is 0 Å². The predicted molar refractivity (Wildman–Crippen MR) is 76.8 cm³/mol. The first-order valence-electron chi connectivity index (χ1n) is 6.66. The molecule has 1 aromatic rings. The van der Waals surface area contributed by atoms with Gasteiger partial charge in [0.15, 0.2) is 0 Å².